The minimum Gasteiger partial charge on any atom is -0.155 e. The average molecular weight is 299 g/mol. The minimum absolute atomic E-state index is 0.406. The Labute approximate surface area is 132 Å². The molecule has 0 radical (unpaired) electrons. The van der Waals surface area contributed by atoms with E-state index in [1.807, 2.05) is 0 Å². The number of rotatable bonds is 6. The number of hydrogen-bond acceptors (Lipinski definition) is 1. The van der Waals surface area contributed by atoms with Gasteiger partial charge in [-0.1, -0.05) is 67.7 Å². The van der Waals surface area contributed by atoms with Gasteiger partial charge < -0.3 is 0 Å². The third-order valence-corrected chi connectivity index (χ3v) is 7.41. The highest BCUT2D eigenvalue weighted by molar-refractivity contribution is 8.00. The molecular formula is C19H38S. The van der Waals surface area contributed by atoms with Crippen molar-refractivity contribution in [1.82, 2.24) is 0 Å². The summed E-state index contributed by atoms with van der Waals surface area (Å²) in [6.45, 7) is 17.0. The summed E-state index contributed by atoms with van der Waals surface area (Å²) in [4.78, 5) is 0. The first-order valence-electron chi connectivity index (χ1n) is 8.70. The van der Waals surface area contributed by atoms with Crippen molar-refractivity contribution in [2.45, 2.75) is 98.2 Å². The molecule has 1 aliphatic carbocycles. The zero-order chi connectivity index (χ0) is 15.4. The summed E-state index contributed by atoms with van der Waals surface area (Å²) in [6.07, 6.45) is 10.0. The van der Waals surface area contributed by atoms with Crippen LogP contribution in [0.25, 0.3) is 0 Å². The van der Waals surface area contributed by atoms with Crippen LogP contribution < -0.4 is 0 Å². The largest absolute Gasteiger partial charge is 0.155 e. The van der Waals surface area contributed by atoms with Gasteiger partial charge in [0.05, 0.1) is 0 Å². The lowest BCUT2D eigenvalue weighted by atomic mass is 9.65. The van der Waals surface area contributed by atoms with Gasteiger partial charge in [0.2, 0.25) is 0 Å². The Bertz CT molecular complexity index is 279. The second-order valence-electron chi connectivity index (χ2n) is 9.09. The van der Waals surface area contributed by atoms with Crippen LogP contribution in [0.1, 0.15) is 93.4 Å². The van der Waals surface area contributed by atoms with E-state index in [0.717, 1.165) is 5.92 Å². The van der Waals surface area contributed by atoms with Gasteiger partial charge in [0, 0.05) is 4.75 Å². The van der Waals surface area contributed by atoms with Crippen LogP contribution >= 0.6 is 11.8 Å². The molecule has 0 N–H and O–H groups in total. The van der Waals surface area contributed by atoms with E-state index in [9.17, 15) is 0 Å². The molecule has 0 nitrogen and oxygen atoms in total. The fourth-order valence-corrected chi connectivity index (χ4v) is 4.82. The van der Waals surface area contributed by atoms with Crippen LogP contribution in [-0.2, 0) is 0 Å². The van der Waals surface area contributed by atoms with Crippen molar-refractivity contribution in [3.05, 3.63) is 0 Å². The number of thioether (sulfide) groups is 1. The molecule has 0 aromatic rings. The van der Waals surface area contributed by atoms with Crippen molar-refractivity contribution in [3.8, 4) is 0 Å². The van der Waals surface area contributed by atoms with Crippen LogP contribution in [0.2, 0.25) is 0 Å². The SMILES string of the molecule is CC(CCSC1(C)CCCCC1)CC(C)(C)C(C)(C)C. The lowest BCUT2D eigenvalue weighted by molar-refractivity contribution is 0.0981. The molecule has 0 bridgehead atoms. The van der Waals surface area contributed by atoms with Gasteiger partial charge in [-0.25, -0.2) is 0 Å². The maximum Gasteiger partial charge on any atom is 0.0131 e. The highest BCUT2D eigenvalue weighted by atomic mass is 32.2. The second kappa shape index (κ2) is 7.07. The van der Waals surface area contributed by atoms with Gasteiger partial charge in [-0.15, -0.1) is 0 Å². The highest BCUT2D eigenvalue weighted by Crippen LogP contribution is 2.44. The Balaban J connectivity index is 2.31. The topological polar surface area (TPSA) is 0 Å². The van der Waals surface area contributed by atoms with Gasteiger partial charge in [0.15, 0.2) is 0 Å². The van der Waals surface area contributed by atoms with Crippen LogP contribution in [0, 0.1) is 16.7 Å². The van der Waals surface area contributed by atoms with Crippen molar-refractivity contribution >= 4 is 11.8 Å². The molecule has 1 rings (SSSR count). The summed E-state index contributed by atoms with van der Waals surface area (Å²) >= 11 is 2.26. The fourth-order valence-electron chi connectivity index (χ4n) is 3.23. The van der Waals surface area contributed by atoms with Crippen LogP contribution in [0.4, 0.5) is 0 Å². The second-order valence-corrected chi connectivity index (χ2v) is 10.8. The lowest BCUT2D eigenvalue weighted by Gasteiger charge is -2.41. The van der Waals surface area contributed by atoms with Crippen molar-refractivity contribution in [2.24, 2.45) is 16.7 Å². The summed E-state index contributed by atoms with van der Waals surface area (Å²) in [7, 11) is 0. The molecule has 1 aliphatic rings. The molecule has 1 unspecified atom stereocenters. The Morgan fingerprint density at radius 2 is 1.55 bits per heavy atom. The van der Waals surface area contributed by atoms with Crippen LogP contribution in [-0.4, -0.2) is 10.5 Å². The zero-order valence-corrected chi connectivity index (χ0v) is 16.0. The zero-order valence-electron chi connectivity index (χ0n) is 15.1. The minimum atomic E-state index is 0.406. The predicted octanol–water partition coefficient (Wildman–Crippen LogP) is 6.93. The summed E-state index contributed by atoms with van der Waals surface area (Å²) in [6, 6.07) is 0. The van der Waals surface area contributed by atoms with Crippen molar-refractivity contribution in [3.63, 3.8) is 0 Å². The van der Waals surface area contributed by atoms with E-state index in [4.69, 9.17) is 0 Å². The van der Waals surface area contributed by atoms with E-state index < -0.39 is 0 Å². The van der Waals surface area contributed by atoms with Crippen LogP contribution in [0.3, 0.4) is 0 Å². The third-order valence-electron chi connectivity index (χ3n) is 5.86. The van der Waals surface area contributed by atoms with E-state index in [1.165, 1.54) is 50.7 Å². The van der Waals surface area contributed by atoms with Crippen LogP contribution in [0.5, 0.6) is 0 Å². The maximum absolute atomic E-state index is 2.50. The van der Waals surface area contributed by atoms with E-state index in [-0.39, 0.29) is 0 Å². The summed E-state index contributed by atoms with van der Waals surface area (Å²) in [5, 5.41) is 0. The van der Waals surface area contributed by atoms with Gasteiger partial charge in [0.25, 0.3) is 0 Å². The molecule has 20 heavy (non-hydrogen) atoms. The molecule has 0 aromatic carbocycles. The summed E-state index contributed by atoms with van der Waals surface area (Å²) < 4.78 is 0.595. The van der Waals surface area contributed by atoms with E-state index in [1.54, 1.807) is 0 Å². The smallest absolute Gasteiger partial charge is 0.0131 e. The lowest BCUT2D eigenvalue weighted by Crippen LogP contribution is -2.31. The molecule has 0 spiro atoms. The van der Waals surface area contributed by atoms with Crippen molar-refractivity contribution in [1.29, 1.82) is 0 Å². The van der Waals surface area contributed by atoms with Gasteiger partial charge in [0.1, 0.15) is 0 Å². The van der Waals surface area contributed by atoms with Gasteiger partial charge in [-0.2, -0.15) is 11.8 Å². The molecule has 0 saturated heterocycles. The quantitative estimate of drug-likeness (QED) is 0.512. The van der Waals surface area contributed by atoms with Gasteiger partial charge in [-0.3, -0.25) is 0 Å². The molecule has 1 heteroatoms. The first-order valence-corrected chi connectivity index (χ1v) is 9.68. The Morgan fingerprint density at radius 1 is 1.00 bits per heavy atom. The molecule has 1 atom stereocenters. The monoisotopic (exact) mass is 298 g/mol. The van der Waals surface area contributed by atoms with Crippen molar-refractivity contribution in [2.75, 3.05) is 5.75 Å². The molecule has 1 fully saturated rings. The Kier molecular flexibility index (Phi) is 6.51. The van der Waals surface area contributed by atoms with Gasteiger partial charge in [-0.05, 0) is 48.2 Å². The molecule has 0 heterocycles. The predicted molar refractivity (Wildman–Crippen MR) is 95.6 cm³/mol. The van der Waals surface area contributed by atoms with E-state index >= 15 is 0 Å². The first-order chi connectivity index (χ1) is 9.06. The fraction of sp³-hybridized carbons (Fsp3) is 1.00. The summed E-state index contributed by atoms with van der Waals surface area (Å²) in [5.41, 5.74) is 0.843. The standard InChI is InChI=1S/C19H38S/c1-16(15-18(5,6)17(2,3)4)11-14-20-19(7)12-9-8-10-13-19/h16H,8-15H2,1-7H3. The molecule has 1 saturated carbocycles. The molecule has 120 valence electrons. The van der Waals surface area contributed by atoms with Crippen LogP contribution in [0.15, 0.2) is 0 Å². The van der Waals surface area contributed by atoms with Gasteiger partial charge >= 0.3 is 0 Å². The first kappa shape index (κ1) is 18.4. The van der Waals surface area contributed by atoms with Crippen molar-refractivity contribution < 1.29 is 0 Å². The third kappa shape index (κ3) is 5.62. The highest BCUT2D eigenvalue weighted by Gasteiger charge is 2.34. The average Bonchev–Trinajstić information content (AvgIpc) is 2.27. The number of hydrogen-bond donors (Lipinski definition) is 0. The van der Waals surface area contributed by atoms with E-state index in [0.29, 0.717) is 15.6 Å². The van der Waals surface area contributed by atoms with E-state index in [2.05, 4.69) is 60.2 Å². The molecule has 0 aromatic heterocycles. The normalized spacial score (nSPS) is 21.8. The molecular weight excluding hydrogens is 260 g/mol. The molecule has 0 aliphatic heterocycles. The Morgan fingerprint density at radius 3 is 2.05 bits per heavy atom. The summed E-state index contributed by atoms with van der Waals surface area (Å²) in [5.74, 6) is 2.21. The maximum atomic E-state index is 2.50. The Hall–Kier alpha value is 0.350. The molecule has 0 amide bonds.